The summed E-state index contributed by atoms with van der Waals surface area (Å²) in [5.74, 6) is -0.213. The van der Waals surface area contributed by atoms with Gasteiger partial charge >= 0.3 is 5.97 Å². The first-order chi connectivity index (χ1) is 11.1. The highest BCUT2D eigenvalue weighted by Crippen LogP contribution is 2.16. The number of anilines is 1. The fourth-order valence-electron chi connectivity index (χ4n) is 1.76. The summed E-state index contributed by atoms with van der Waals surface area (Å²) in [5.41, 5.74) is 1.39. The van der Waals surface area contributed by atoms with Crippen molar-refractivity contribution in [3.63, 3.8) is 0 Å². The van der Waals surface area contributed by atoms with Crippen LogP contribution in [0.2, 0.25) is 0 Å². The van der Waals surface area contributed by atoms with Gasteiger partial charge in [-0.05, 0) is 31.0 Å². The third kappa shape index (κ3) is 5.07. The molecule has 122 valence electrons. The van der Waals surface area contributed by atoms with Gasteiger partial charge in [-0.1, -0.05) is 19.1 Å². The van der Waals surface area contributed by atoms with Gasteiger partial charge in [0.05, 0.1) is 6.61 Å². The van der Waals surface area contributed by atoms with E-state index < -0.39 is 5.97 Å². The number of nitrogens with zero attached hydrogens (tertiary/aromatic N) is 1. The molecule has 7 heteroatoms. The molecule has 0 unspecified atom stereocenters. The third-order valence-electron chi connectivity index (χ3n) is 2.94. The SMILES string of the molecule is CCOC(=O)c1csc(NC(=O)COc2ccc(CC)cc2)n1. The molecule has 1 N–H and O–H groups in total. The normalized spacial score (nSPS) is 10.2. The van der Waals surface area contributed by atoms with Crippen LogP contribution in [-0.4, -0.2) is 30.1 Å². The summed E-state index contributed by atoms with van der Waals surface area (Å²) in [6.07, 6.45) is 0.952. The fraction of sp³-hybridized carbons (Fsp3) is 0.312. The molecule has 0 aliphatic carbocycles. The summed E-state index contributed by atoms with van der Waals surface area (Å²) < 4.78 is 10.2. The van der Waals surface area contributed by atoms with E-state index in [1.165, 1.54) is 10.9 Å². The van der Waals surface area contributed by atoms with Gasteiger partial charge in [0.2, 0.25) is 0 Å². The number of aryl methyl sites for hydroxylation is 1. The lowest BCUT2D eigenvalue weighted by molar-refractivity contribution is -0.118. The predicted molar refractivity (Wildman–Crippen MR) is 88.0 cm³/mol. The van der Waals surface area contributed by atoms with Gasteiger partial charge in [-0.3, -0.25) is 10.1 Å². The third-order valence-corrected chi connectivity index (χ3v) is 3.69. The standard InChI is InChI=1S/C16H18N2O4S/c1-3-11-5-7-12(8-6-11)22-9-14(19)18-16-17-13(10-23-16)15(20)21-4-2/h5-8,10H,3-4,9H2,1-2H3,(H,17,18,19). The van der Waals surface area contributed by atoms with Crippen molar-refractivity contribution in [1.29, 1.82) is 0 Å². The first-order valence-corrected chi connectivity index (χ1v) is 8.14. The average molecular weight is 334 g/mol. The maximum absolute atomic E-state index is 11.8. The zero-order valence-corrected chi connectivity index (χ0v) is 13.8. The molecule has 6 nitrogen and oxygen atoms in total. The minimum atomic E-state index is -0.503. The van der Waals surface area contributed by atoms with Crippen molar-refractivity contribution in [3.8, 4) is 5.75 Å². The molecule has 0 aliphatic heterocycles. The number of benzene rings is 1. The Bertz CT molecular complexity index is 667. The number of nitrogens with one attached hydrogen (secondary N) is 1. The number of hydrogen-bond donors (Lipinski definition) is 1. The number of thiazole rings is 1. The van der Waals surface area contributed by atoms with Crippen LogP contribution in [0.25, 0.3) is 0 Å². The number of amides is 1. The van der Waals surface area contributed by atoms with Gasteiger partial charge in [-0.25, -0.2) is 9.78 Å². The molecule has 0 saturated carbocycles. The van der Waals surface area contributed by atoms with Crippen LogP contribution in [0, 0.1) is 0 Å². The van der Waals surface area contributed by atoms with Crippen molar-refractivity contribution in [1.82, 2.24) is 4.98 Å². The molecule has 2 rings (SSSR count). The number of ether oxygens (including phenoxy) is 2. The van der Waals surface area contributed by atoms with Gasteiger partial charge in [0.25, 0.3) is 5.91 Å². The van der Waals surface area contributed by atoms with Crippen molar-refractivity contribution in [2.24, 2.45) is 0 Å². The Morgan fingerprint density at radius 1 is 1.22 bits per heavy atom. The molecule has 0 radical (unpaired) electrons. The van der Waals surface area contributed by atoms with Crippen molar-refractivity contribution < 1.29 is 19.1 Å². The highest BCUT2D eigenvalue weighted by atomic mass is 32.1. The molecule has 0 atom stereocenters. The van der Waals surface area contributed by atoms with Crippen LogP contribution in [0.4, 0.5) is 5.13 Å². The van der Waals surface area contributed by atoms with E-state index in [-0.39, 0.29) is 24.8 Å². The summed E-state index contributed by atoms with van der Waals surface area (Å²) in [4.78, 5) is 27.3. The van der Waals surface area contributed by atoms with E-state index in [0.717, 1.165) is 17.8 Å². The van der Waals surface area contributed by atoms with Crippen LogP contribution in [0.3, 0.4) is 0 Å². The summed E-state index contributed by atoms with van der Waals surface area (Å²) in [6.45, 7) is 3.95. The fourth-order valence-corrected chi connectivity index (χ4v) is 2.45. The molecule has 1 heterocycles. The second-order valence-electron chi connectivity index (χ2n) is 4.59. The van der Waals surface area contributed by atoms with Crippen molar-refractivity contribution in [2.45, 2.75) is 20.3 Å². The number of esters is 1. The van der Waals surface area contributed by atoms with Gasteiger partial charge in [-0.15, -0.1) is 11.3 Å². The molecule has 23 heavy (non-hydrogen) atoms. The number of hydrogen-bond acceptors (Lipinski definition) is 6. The van der Waals surface area contributed by atoms with Gasteiger partial charge < -0.3 is 9.47 Å². The lowest BCUT2D eigenvalue weighted by atomic mass is 10.2. The molecule has 1 amide bonds. The summed E-state index contributed by atoms with van der Waals surface area (Å²) in [5, 5.41) is 4.46. The van der Waals surface area contributed by atoms with E-state index in [0.29, 0.717) is 10.9 Å². The van der Waals surface area contributed by atoms with Gasteiger partial charge in [0.1, 0.15) is 5.75 Å². The lowest BCUT2D eigenvalue weighted by Crippen LogP contribution is -2.20. The molecule has 0 saturated heterocycles. The summed E-state index contributed by atoms with van der Waals surface area (Å²) in [6, 6.07) is 7.57. The Hall–Kier alpha value is -2.41. The van der Waals surface area contributed by atoms with Crippen LogP contribution in [0.5, 0.6) is 5.75 Å². The van der Waals surface area contributed by atoms with Crippen molar-refractivity contribution >= 4 is 28.3 Å². The second-order valence-corrected chi connectivity index (χ2v) is 5.45. The van der Waals surface area contributed by atoms with Crippen LogP contribution in [0.1, 0.15) is 29.9 Å². The Balaban J connectivity index is 1.83. The molecule has 2 aromatic rings. The largest absolute Gasteiger partial charge is 0.484 e. The zero-order chi connectivity index (χ0) is 16.7. The number of rotatable bonds is 7. The Morgan fingerprint density at radius 3 is 2.61 bits per heavy atom. The van der Waals surface area contributed by atoms with Crippen molar-refractivity contribution in [3.05, 3.63) is 40.9 Å². The van der Waals surface area contributed by atoms with Gasteiger partial charge in [0, 0.05) is 5.38 Å². The van der Waals surface area contributed by atoms with Gasteiger partial charge in [-0.2, -0.15) is 0 Å². The Labute approximate surface area is 138 Å². The first kappa shape index (κ1) is 17.0. The molecular weight excluding hydrogens is 316 g/mol. The Kier molecular flexibility index (Phi) is 6.10. The molecule has 1 aromatic heterocycles. The van der Waals surface area contributed by atoms with Gasteiger partial charge in [0.15, 0.2) is 17.4 Å². The molecule has 0 aliphatic rings. The maximum atomic E-state index is 11.8. The van der Waals surface area contributed by atoms with E-state index in [2.05, 4.69) is 17.2 Å². The van der Waals surface area contributed by atoms with Crippen LogP contribution in [0.15, 0.2) is 29.6 Å². The van der Waals surface area contributed by atoms with Crippen LogP contribution in [-0.2, 0) is 16.0 Å². The Morgan fingerprint density at radius 2 is 1.96 bits per heavy atom. The van der Waals surface area contributed by atoms with E-state index in [1.807, 2.05) is 24.3 Å². The van der Waals surface area contributed by atoms with E-state index in [9.17, 15) is 9.59 Å². The monoisotopic (exact) mass is 334 g/mol. The molecule has 0 bridgehead atoms. The zero-order valence-electron chi connectivity index (χ0n) is 13.0. The second kappa shape index (κ2) is 8.28. The van der Waals surface area contributed by atoms with Crippen LogP contribution < -0.4 is 10.1 Å². The minimum Gasteiger partial charge on any atom is -0.484 e. The molecule has 0 fully saturated rings. The number of carbonyl (C=O) groups is 2. The quantitative estimate of drug-likeness (QED) is 0.788. The van der Waals surface area contributed by atoms with E-state index in [1.54, 1.807) is 6.92 Å². The molecule has 1 aromatic carbocycles. The highest BCUT2D eigenvalue weighted by molar-refractivity contribution is 7.14. The average Bonchev–Trinajstić information content (AvgIpc) is 3.02. The highest BCUT2D eigenvalue weighted by Gasteiger charge is 2.13. The lowest BCUT2D eigenvalue weighted by Gasteiger charge is -2.06. The van der Waals surface area contributed by atoms with E-state index >= 15 is 0 Å². The summed E-state index contributed by atoms with van der Waals surface area (Å²) >= 11 is 1.16. The topological polar surface area (TPSA) is 77.5 Å². The number of carbonyl (C=O) groups excluding carboxylic acids is 2. The van der Waals surface area contributed by atoms with Crippen LogP contribution >= 0.6 is 11.3 Å². The maximum Gasteiger partial charge on any atom is 0.357 e. The molecular formula is C16H18N2O4S. The first-order valence-electron chi connectivity index (χ1n) is 7.26. The molecule has 0 spiro atoms. The van der Waals surface area contributed by atoms with E-state index in [4.69, 9.17) is 9.47 Å². The smallest absolute Gasteiger partial charge is 0.357 e. The summed E-state index contributed by atoms with van der Waals surface area (Å²) in [7, 11) is 0. The predicted octanol–water partition coefficient (Wildman–Crippen LogP) is 2.90. The van der Waals surface area contributed by atoms with Crippen molar-refractivity contribution in [2.75, 3.05) is 18.5 Å². The minimum absolute atomic E-state index is 0.125. The number of aromatic nitrogens is 1.